The predicted octanol–water partition coefficient (Wildman–Crippen LogP) is 7.28. The number of alkyl halides is 6. The normalized spacial score (nSPS) is 16.9. The smallest absolute Gasteiger partial charge is 0.391 e. The Morgan fingerprint density at radius 3 is 2.56 bits per heavy atom. The molecule has 1 heterocycles. The van der Waals surface area contributed by atoms with Gasteiger partial charge in [0.05, 0.1) is 17.0 Å². The molecule has 4 nitrogen and oxygen atoms in total. The van der Waals surface area contributed by atoms with Crippen LogP contribution in [0.4, 0.5) is 26.3 Å². The molecule has 1 aliphatic heterocycles. The zero-order valence-electron chi connectivity index (χ0n) is 18.6. The van der Waals surface area contributed by atoms with Gasteiger partial charge in [-0.05, 0) is 63.7 Å². The van der Waals surface area contributed by atoms with Crippen LogP contribution in [0.2, 0.25) is 0 Å². The molecule has 0 saturated carbocycles. The average Bonchev–Trinajstić information content (AvgIpc) is 3.24. The van der Waals surface area contributed by atoms with Crippen LogP contribution in [0.1, 0.15) is 41.5 Å². The van der Waals surface area contributed by atoms with Crippen molar-refractivity contribution in [3.8, 4) is 0 Å². The number of halogens is 8. The number of oxime groups is 1. The Morgan fingerprint density at radius 2 is 1.94 bits per heavy atom. The fourth-order valence-corrected chi connectivity index (χ4v) is 5.33. The predicted molar refractivity (Wildman–Crippen MR) is 138 cm³/mol. The molecule has 2 aromatic rings. The van der Waals surface area contributed by atoms with Gasteiger partial charge in [-0.1, -0.05) is 40.1 Å². The summed E-state index contributed by atoms with van der Waals surface area (Å²) in [6, 6.07) is 7.39. The number of nitrogens with one attached hydrogen (secondary N) is 1. The minimum absolute atomic E-state index is 0.0331. The van der Waals surface area contributed by atoms with Gasteiger partial charge in [-0.25, -0.2) is 0 Å². The molecule has 0 aromatic heterocycles. The van der Waals surface area contributed by atoms with Gasteiger partial charge in [0, 0.05) is 26.6 Å². The molecule has 2 atom stereocenters. The zero-order chi connectivity index (χ0) is 26.7. The number of benzene rings is 2. The lowest BCUT2D eigenvalue weighted by Crippen LogP contribution is -2.32. The Labute approximate surface area is 229 Å². The Balaban J connectivity index is 1.77. The summed E-state index contributed by atoms with van der Waals surface area (Å²) in [7, 11) is 0. The fraction of sp³-hybridized carbons (Fsp3) is 0.391. The average molecular weight is 709 g/mol. The van der Waals surface area contributed by atoms with E-state index in [1.165, 1.54) is 11.8 Å². The standard InChI is InChI=1S/C23H20BrF6IN2O2S/c1-2-36-11-20(34)32-10-13-4-3-12(7-17(13)24)18-9-19(35-33-18)21(23(28,29)30)14-5-15(22(25,26)27)8-16(31)6-14/h3-8,19,21H,2,9-11H2,1H3,(H,32,34). The lowest BCUT2D eigenvalue weighted by atomic mass is 9.88. The summed E-state index contributed by atoms with van der Waals surface area (Å²) < 4.78 is 82.4. The summed E-state index contributed by atoms with van der Waals surface area (Å²) in [6.07, 6.45) is -11.4. The van der Waals surface area contributed by atoms with E-state index in [-0.39, 0.29) is 28.2 Å². The molecule has 0 spiro atoms. The van der Waals surface area contributed by atoms with E-state index in [0.717, 1.165) is 23.4 Å². The maximum atomic E-state index is 14.0. The molecule has 3 rings (SSSR count). The molecular formula is C23H20BrF6IN2O2S. The maximum absolute atomic E-state index is 14.0. The fourth-order valence-electron chi connectivity index (χ4n) is 3.63. The summed E-state index contributed by atoms with van der Waals surface area (Å²) in [5.41, 5.74) is -0.183. The minimum atomic E-state index is -4.86. The third kappa shape index (κ3) is 7.53. The van der Waals surface area contributed by atoms with Crippen LogP contribution in [0.3, 0.4) is 0 Å². The summed E-state index contributed by atoms with van der Waals surface area (Å²) in [4.78, 5) is 16.9. The summed E-state index contributed by atoms with van der Waals surface area (Å²) in [5, 5.41) is 6.61. The van der Waals surface area contributed by atoms with Crippen LogP contribution in [0.5, 0.6) is 0 Å². The van der Waals surface area contributed by atoms with Crippen LogP contribution in [-0.4, -0.2) is 35.4 Å². The van der Waals surface area contributed by atoms with Crippen molar-refractivity contribution in [2.45, 2.75) is 44.3 Å². The van der Waals surface area contributed by atoms with Gasteiger partial charge in [-0.2, -0.15) is 38.1 Å². The Morgan fingerprint density at radius 1 is 1.22 bits per heavy atom. The van der Waals surface area contributed by atoms with E-state index >= 15 is 0 Å². The van der Waals surface area contributed by atoms with Gasteiger partial charge < -0.3 is 10.2 Å². The number of nitrogens with zero attached hydrogens (tertiary/aromatic N) is 1. The quantitative estimate of drug-likeness (QED) is 0.232. The molecule has 13 heteroatoms. The summed E-state index contributed by atoms with van der Waals surface area (Å²) in [5.74, 6) is -1.25. The van der Waals surface area contributed by atoms with Crippen LogP contribution < -0.4 is 5.32 Å². The van der Waals surface area contributed by atoms with E-state index in [4.69, 9.17) is 4.84 Å². The number of thioether (sulfide) groups is 1. The highest BCUT2D eigenvalue weighted by Gasteiger charge is 2.50. The molecule has 36 heavy (non-hydrogen) atoms. The lowest BCUT2D eigenvalue weighted by molar-refractivity contribution is -0.176. The number of rotatable bonds is 8. The molecule has 0 aliphatic carbocycles. The van der Waals surface area contributed by atoms with E-state index in [1.807, 2.05) is 6.92 Å². The van der Waals surface area contributed by atoms with E-state index in [1.54, 1.807) is 40.8 Å². The molecule has 0 saturated heterocycles. The Kier molecular flexibility index (Phi) is 9.63. The van der Waals surface area contributed by atoms with Crippen molar-refractivity contribution >= 4 is 61.9 Å². The molecule has 2 unspecified atom stereocenters. The topological polar surface area (TPSA) is 50.7 Å². The molecule has 196 valence electrons. The molecule has 1 amide bonds. The van der Waals surface area contributed by atoms with Crippen LogP contribution >= 0.6 is 50.3 Å². The highest BCUT2D eigenvalue weighted by molar-refractivity contribution is 14.1. The van der Waals surface area contributed by atoms with Gasteiger partial charge in [-0.15, -0.1) is 0 Å². The van der Waals surface area contributed by atoms with Crippen LogP contribution in [0.25, 0.3) is 0 Å². The first-order chi connectivity index (χ1) is 16.8. The molecule has 1 N–H and O–H groups in total. The molecule has 0 fully saturated rings. The van der Waals surface area contributed by atoms with Crippen molar-refractivity contribution in [1.29, 1.82) is 0 Å². The van der Waals surface area contributed by atoms with E-state index < -0.39 is 35.5 Å². The van der Waals surface area contributed by atoms with Gasteiger partial charge in [0.15, 0.2) is 0 Å². The van der Waals surface area contributed by atoms with Gasteiger partial charge in [0.2, 0.25) is 5.91 Å². The second-order valence-electron chi connectivity index (χ2n) is 7.90. The first kappa shape index (κ1) is 29.1. The zero-order valence-corrected chi connectivity index (χ0v) is 23.2. The van der Waals surface area contributed by atoms with Crippen molar-refractivity contribution in [2.24, 2.45) is 5.16 Å². The van der Waals surface area contributed by atoms with Crippen molar-refractivity contribution in [2.75, 3.05) is 11.5 Å². The largest absolute Gasteiger partial charge is 0.416 e. The van der Waals surface area contributed by atoms with E-state index in [2.05, 4.69) is 26.4 Å². The SMILES string of the molecule is CCSCC(=O)NCc1ccc(C2=NOC(C(c3cc(I)cc(C(F)(F)F)c3)C(F)(F)F)C2)cc1Br. The highest BCUT2D eigenvalue weighted by Crippen LogP contribution is 2.44. The molecular weight excluding hydrogens is 689 g/mol. The number of hydrogen-bond acceptors (Lipinski definition) is 4. The van der Waals surface area contributed by atoms with Crippen LogP contribution in [0, 0.1) is 3.57 Å². The van der Waals surface area contributed by atoms with Crippen molar-refractivity contribution in [3.63, 3.8) is 0 Å². The van der Waals surface area contributed by atoms with Crippen LogP contribution in [0.15, 0.2) is 46.0 Å². The second kappa shape index (κ2) is 11.9. The molecule has 0 radical (unpaired) electrons. The monoisotopic (exact) mass is 708 g/mol. The molecule has 0 bridgehead atoms. The number of carbonyl (C=O) groups excluding carboxylic acids is 1. The third-order valence-corrected chi connectivity index (χ3v) is 7.56. The lowest BCUT2D eigenvalue weighted by Gasteiger charge is -2.25. The number of hydrogen-bond donors (Lipinski definition) is 1. The first-order valence-corrected chi connectivity index (χ1v) is 13.6. The highest BCUT2D eigenvalue weighted by atomic mass is 127. The Hall–Kier alpha value is -1.48. The van der Waals surface area contributed by atoms with Gasteiger partial charge in [-0.3, -0.25) is 4.79 Å². The van der Waals surface area contributed by atoms with Crippen molar-refractivity contribution in [3.05, 3.63) is 66.7 Å². The van der Waals surface area contributed by atoms with E-state index in [0.29, 0.717) is 21.9 Å². The van der Waals surface area contributed by atoms with Gasteiger partial charge >= 0.3 is 12.4 Å². The molecule has 2 aromatic carbocycles. The Bertz CT molecular complexity index is 1140. The number of carbonyl (C=O) groups is 1. The van der Waals surface area contributed by atoms with E-state index in [9.17, 15) is 31.1 Å². The molecule has 1 aliphatic rings. The van der Waals surface area contributed by atoms with Crippen molar-refractivity contribution in [1.82, 2.24) is 5.32 Å². The van der Waals surface area contributed by atoms with Gasteiger partial charge in [0.25, 0.3) is 0 Å². The second-order valence-corrected chi connectivity index (χ2v) is 11.3. The van der Waals surface area contributed by atoms with Gasteiger partial charge in [0.1, 0.15) is 12.0 Å². The van der Waals surface area contributed by atoms with Crippen molar-refractivity contribution < 1.29 is 36.0 Å². The maximum Gasteiger partial charge on any atom is 0.416 e. The number of amides is 1. The first-order valence-electron chi connectivity index (χ1n) is 10.6. The minimum Gasteiger partial charge on any atom is -0.391 e. The van der Waals surface area contributed by atoms with Crippen LogP contribution in [-0.2, 0) is 22.4 Å². The summed E-state index contributed by atoms with van der Waals surface area (Å²) in [6.45, 7) is 2.21. The summed E-state index contributed by atoms with van der Waals surface area (Å²) >= 11 is 6.46. The third-order valence-electron chi connectivity index (χ3n) is 5.32.